The van der Waals surface area contributed by atoms with Gasteiger partial charge in [0, 0.05) is 5.56 Å². The van der Waals surface area contributed by atoms with E-state index in [1.807, 2.05) is 0 Å². The fourth-order valence-corrected chi connectivity index (χ4v) is 3.10. The average Bonchev–Trinajstić information content (AvgIpc) is 2.60. The molecule has 0 aromatic heterocycles. The average molecular weight is 382 g/mol. The molecule has 27 heavy (non-hydrogen) atoms. The maximum absolute atomic E-state index is 13.7. The fraction of sp³-hybridized carbons (Fsp3) is 0.222. The van der Waals surface area contributed by atoms with E-state index >= 15 is 0 Å². The Morgan fingerprint density at radius 1 is 1.07 bits per heavy atom. The Bertz CT molecular complexity index is 872. The monoisotopic (exact) mass is 382 g/mol. The second kappa shape index (κ2) is 6.66. The highest BCUT2D eigenvalue weighted by Crippen LogP contribution is 2.43. The Kier molecular flexibility index (Phi) is 4.64. The number of rotatable bonds is 3. The van der Waals surface area contributed by atoms with E-state index in [0.29, 0.717) is 0 Å². The molecule has 9 heteroatoms. The molecule has 0 radical (unpaired) electrons. The summed E-state index contributed by atoms with van der Waals surface area (Å²) in [6, 6.07) is 8.58. The Morgan fingerprint density at radius 3 is 2.33 bits per heavy atom. The maximum Gasteiger partial charge on any atom is 0.437 e. The van der Waals surface area contributed by atoms with E-state index in [1.54, 1.807) is 6.07 Å². The SMILES string of the molecule is O=C1N[C@@H](c2cccc(F)c2)[C@@H](C(=O)c2ccccc2)[C@](O)(C(F)(F)F)N1. The van der Waals surface area contributed by atoms with Crippen LogP contribution in [0, 0.1) is 11.7 Å². The number of Topliss-reactive ketones (excluding diaryl/α,β-unsaturated/α-hetero) is 1. The lowest BCUT2D eigenvalue weighted by molar-refractivity contribution is -0.287. The number of ketones is 1. The van der Waals surface area contributed by atoms with Gasteiger partial charge in [-0.15, -0.1) is 0 Å². The molecule has 2 aromatic carbocycles. The van der Waals surface area contributed by atoms with Gasteiger partial charge in [0.2, 0.25) is 5.72 Å². The minimum atomic E-state index is -5.36. The molecule has 1 aliphatic heterocycles. The van der Waals surface area contributed by atoms with E-state index in [1.165, 1.54) is 41.7 Å². The second-order valence-corrected chi connectivity index (χ2v) is 6.10. The molecule has 3 N–H and O–H groups in total. The zero-order valence-corrected chi connectivity index (χ0v) is 13.6. The molecule has 0 spiro atoms. The predicted octanol–water partition coefficient (Wildman–Crippen LogP) is 2.93. The van der Waals surface area contributed by atoms with Gasteiger partial charge in [0.25, 0.3) is 0 Å². The first-order valence-electron chi connectivity index (χ1n) is 7.86. The largest absolute Gasteiger partial charge is 0.437 e. The van der Waals surface area contributed by atoms with Crippen LogP contribution >= 0.6 is 0 Å². The molecule has 2 aromatic rings. The number of nitrogens with one attached hydrogen (secondary N) is 2. The van der Waals surface area contributed by atoms with Gasteiger partial charge in [-0.3, -0.25) is 4.79 Å². The van der Waals surface area contributed by atoms with Crippen LogP contribution in [0.2, 0.25) is 0 Å². The molecule has 5 nitrogen and oxygen atoms in total. The number of alkyl halides is 3. The van der Waals surface area contributed by atoms with Crippen molar-refractivity contribution in [1.82, 2.24) is 10.6 Å². The topological polar surface area (TPSA) is 78.4 Å². The molecule has 3 atom stereocenters. The first kappa shape index (κ1) is 18.8. The van der Waals surface area contributed by atoms with E-state index in [-0.39, 0.29) is 11.1 Å². The van der Waals surface area contributed by atoms with E-state index in [4.69, 9.17) is 0 Å². The van der Waals surface area contributed by atoms with Crippen LogP contribution < -0.4 is 10.6 Å². The number of urea groups is 1. The Hall–Kier alpha value is -2.94. The summed E-state index contributed by atoms with van der Waals surface area (Å²) in [5, 5.41) is 14.0. The zero-order valence-electron chi connectivity index (χ0n) is 13.6. The summed E-state index contributed by atoms with van der Waals surface area (Å²) < 4.78 is 54.6. The molecule has 0 saturated carbocycles. The summed E-state index contributed by atoms with van der Waals surface area (Å²) in [5.74, 6) is -4.00. The number of carbonyl (C=O) groups excluding carboxylic acids is 2. The molecule has 0 aliphatic carbocycles. The van der Waals surface area contributed by atoms with Gasteiger partial charge >= 0.3 is 12.2 Å². The number of hydrogen-bond donors (Lipinski definition) is 3. The molecular weight excluding hydrogens is 368 g/mol. The van der Waals surface area contributed by atoms with Crippen LogP contribution in [0.3, 0.4) is 0 Å². The van der Waals surface area contributed by atoms with Crippen LogP contribution in [-0.4, -0.2) is 28.8 Å². The van der Waals surface area contributed by atoms with Gasteiger partial charge in [0.1, 0.15) is 11.7 Å². The summed E-state index contributed by atoms with van der Waals surface area (Å²) in [6.07, 6.45) is -5.36. The second-order valence-electron chi connectivity index (χ2n) is 6.10. The summed E-state index contributed by atoms with van der Waals surface area (Å²) in [4.78, 5) is 24.7. The van der Waals surface area contributed by atoms with Gasteiger partial charge < -0.3 is 15.7 Å². The van der Waals surface area contributed by atoms with Crippen molar-refractivity contribution < 1.29 is 32.3 Å². The van der Waals surface area contributed by atoms with Crippen molar-refractivity contribution in [2.24, 2.45) is 5.92 Å². The smallest absolute Gasteiger partial charge is 0.363 e. The molecular formula is C18H14F4N2O3. The summed E-state index contributed by atoms with van der Waals surface area (Å²) in [5.41, 5.74) is -4.01. The third kappa shape index (κ3) is 3.37. The highest BCUT2D eigenvalue weighted by atomic mass is 19.4. The zero-order chi connectivity index (χ0) is 19.8. The van der Waals surface area contributed by atoms with Crippen molar-refractivity contribution in [1.29, 1.82) is 0 Å². The van der Waals surface area contributed by atoms with E-state index in [0.717, 1.165) is 12.1 Å². The number of carbonyl (C=O) groups is 2. The number of halogens is 4. The third-order valence-corrected chi connectivity index (χ3v) is 4.35. The van der Waals surface area contributed by atoms with Crippen LogP contribution in [0.5, 0.6) is 0 Å². The third-order valence-electron chi connectivity index (χ3n) is 4.35. The lowest BCUT2D eigenvalue weighted by Gasteiger charge is -2.45. The molecule has 1 heterocycles. The van der Waals surface area contributed by atoms with Gasteiger partial charge in [-0.25, -0.2) is 9.18 Å². The Morgan fingerprint density at radius 2 is 1.74 bits per heavy atom. The molecule has 142 valence electrons. The van der Waals surface area contributed by atoms with Crippen LogP contribution in [0.4, 0.5) is 22.4 Å². The van der Waals surface area contributed by atoms with Gasteiger partial charge in [0.15, 0.2) is 5.78 Å². The van der Waals surface area contributed by atoms with E-state index < -0.39 is 41.5 Å². The Labute approximate surface area is 151 Å². The number of benzene rings is 2. The lowest BCUT2D eigenvalue weighted by atomic mass is 9.77. The molecule has 1 aliphatic rings. The van der Waals surface area contributed by atoms with Gasteiger partial charge in [0.05, 0.1) is 6.04 Å². The van der Waals surface area contributed by atoms with Crippen LogP contribution in [0.25, 0.3) is 0 Å². The molecule has 0 bridgehead atoms. The summed E-state index contributed by atoms with van der Waals surface area (Å²) in [7, 11) is 0. The highest BCUT2D eigenvalue weighted by molar-refractivity contribution is 6.00. The molecule has 2 amide bonds. The van der Waals surface area contributed by atoms with E-state index in [9.17, 15) is 32.3 Å². The first-order chi connectivity index (χ1) is 12.6. The predicted molar refractivity (Wildman–Crippen MR) is 86.1 cm³/mol. The summed E-state index contributed by atoms with van der Waals surface area (Å²) >= 11 is 0. The van der Waals surface area contributed by atoms with Gasteiger partial charge in [-0.1, -0.05) is 42.5 Å². The molecule has 0 unspecified atom stereocenters. The van der Waals surface area contributed by atoms with Crippen molar-refractivity contribution in [2.45, 2.75) is 17.9 Å². The number of hydrogen-bond acceptors (Lipinski definition) is 3. The lowest BCUT2D eigenvalue weighted by Crippen LogP contribution is -2.72. The van der Waals surface area contributed by atoms with Gasteiger partial charge in [-0.2, -0.15) is 13.2 Å². The van der Waals surface area contributed by atoms with Crippen LogP contribution in [-0.2, 0) is 0 Å². The molecule has 3 rings (SSSR count). The highest BCUT2D eigenvalue weighted by Gasteiger charge is 2.66. The minimum absolute atomic E-state index is 0.0817. The van der Waals surface area contributed by atoms with Crippen molar-refractivity contribution in [3.8, 4) is 0 Å². The van der Waals surface area contributed by atoms with Crippen LogP contribution in [0.15, 0.2) is 54.6 Å². The normalized spacial score (nSPS) is 25.4. The van der Waals surface area contributed by atoms with Crippen molar-refractivity contribution in [2.75, 3.05) is 0 Å². The van der Waals surface area contributed by atoms with Crippen molar-refractivity contribution in [3.63, 3.8) is 0 Å². The fourth-order valence-electron chi connectivity index (χ4n) is 3.10. The summed E-state index contributed by atoms with van der Waals surface area (Å²) in [6.45, 7) is 0. The van der Waals surface area contributed by atoms with Crippen molar-refractivity contribution >= 4 is 11.8 Å². The quantitative estimate of drug-likeness (QED) is 0.564. The number of amides is 2. The van der Waals surface area contributed by atoms with E-state index in [2.05, 4.69) is 5.32 Å². The minimum Gasteiger partial charge on any atom is -0.363 e. The maximum atomic E-state index is 13.7. The molecule has 1 saturated heterocycles. The Balaban J connectivity index is 2.17. The van der Waals surface area contributed by atoms with Gasteiger partial charge in [-0.05, 0) is 17.7 Å². The van der Waals surface area contributed by atoms with Crippen LogP contribution in [0.1, 0.15) is 22.0 Å². The van der Waals surface area contributed by atoms with Crippen molar-refractivity contribution in [3.05, 3.63) is 71.5 Å². The first-order valence-corrected chi connectivity index (χ1v) is 7.86. The standard InChI is InChI=1S/C18H14F4N2O3/c19-12-8-4-7-11(9-12)14-13(15(25)10-5-2-1-3-6-10)17(27,18(20,21)22)24-16(26)23-14/h1-9,13-14,27H,(H2,23,24,26)/t13-,14-,17-/m0/s1. The number of aliphatic hydroxyl groups is 1. The molecule has 1 fully saturated rings.